The van der Waals surface area contributed by atoms with E-state index < -0.39 is 8.56 Å². The van der Waals surface area contributed by atoms with Crippen LogP contribution in [0.2, 0.25) is 11.1 Å². The van der Waals surface area contributed by atoms with E-state index in [9.17, 15) is 0 Å². The summed E-state index contributed by atoms with van der Waals surface area (Å²) in [5, 5.41) is 0.149. The Morgan fingerprint density at radius 1 is 0.739 bits per heavy atom. The van der Waals surface area contributed by atoms with E-state index in [4.69, 9.17) is 8.85 Å². The molecule has 0 N–H and O–H groups in total. The first kappa shape index (κ1) is 23.1. The summed E-state index contributed by atoms with van der Waals surface area (Å²) < 4.78 is 12.0. The van der Waals surface area contributed by atoms with Crippen molar-refractivity contribution in [3.8, 4) is 0 Å². The van der Waals surface area contributed by atoms with Crippen molar-refractivity contribution < 1.29 is 8.85 Å². The van der Waals surface area contributed by atoms with Crippen LogP contribution in [0.25, 0.3) is 0 Å². The summed E-state index contributed by atoms with van der Waals surface area (Å²) in [4.78, 5) is 0. The van der Waals surface area contributed by atoms with E-state index in [2.05, 4.69) is 34.6 Å². The zero-order chi connectivity index (χ0) is 17.8. The third-order valence-corrected chi connectivity index (χ3v) is 10.8. The molecule has 0 heterocycles. The summed E-state index contributed by atoms with van der Waals surface area (Å²) in [5.74, 6) is 0.581. The average molecular weight is 345 g/mol. The first-order chi connectivity index (χ1) is 10.9. The molecular weight excluding hydrogens is 300 g/mol. The SMILES string of the molecule is CCCCCCCCCCCC[Si](OC)(OC)C(C)(C)C(C)C. The van der Waals surface area contributed by atoms with Crippen LogP contribution in [0.15, 0.2) is 0 Å². The van der Waals surface area contributed by atoms with Gasteiger partial charge in [0, 0.05) is 19.3 Å². The number of hydrogen-bond donors (Lipinski definition) is 0. The summed E-state index contributed by atoms with van der Waals surface area (Å²) >= 11 is 0. The predicted molar refractivity (Wildman–Crippen MR) is 105 cm³/mol. The lowest BCUT2D eigenvalue weighted by Gasteiger charge is -2.44. The van der Waals surface area contributed by atoms with Crippen LogP contribution in [0.5, 0.6) is 0 Å². The van der Waals surface area contributed by atoms with Crippen LogP contribution in [0.1, 0.15) is 98.8 Å². The van der Waals surface area contributed by atoms with Gasteiger partial charge < -0.3 is 8.85 Å². The second-order valence-corrected chi connectivity index (χ2v) is 12.1. The molecule has 23 heavy (non-hydrogen) atoms. The third-order valence-electron chi connectivity index (χ3n) is 5.94. The molecule has 2 nitrogen and oxygen atoms in total. The van der Waals surface area contributed by atoms with Gasteiger partial charge in [-0.25, -0.2) is 0 Å². The van der Waals surface area contributed by atoms with Crippen molar-refractivity contribution in [2.75, 3.05) is 14.2 Å². The van der Waals surface area contributed by atoms with E-state index in [0.717, 1.165) is 6.04 Å². The number of unbranched alkanes of at least 4 members (excludes halogenated alkanes) is 9. The highest BCUT2D eigenvalue weighted by atomic mass is 28.4. The van der Waals surface area contributed by atoms with Crippen LogP contribution in [-0.2, 0) is 8.85 Å². The van der Waals surface area contributed by atoms with Gasteiger partial charge in [0.05, 0.1) is 0 Å². The van der Waals surface area contributed by atoms with Gasteiger partial charge in [-0.15, -0.1) is 0 Å². The van der Waals surface area contributed by atoms with Crippen molar-refractivity contribution in [2.45, 2.75) is 110 Å². The second kappa shape index (κ2) is 12.5. The molecule has 0 bridgehead atoms. The Labute approximate surface area is 148 Å². The molecule has 0 fully saturated rings. The van der Waals surface area contributed by atoms with E-state index in [0.29, 0.717) is 5.92 Å². The molecule has 0 aromatic rings. The maximum absolute atomic E-state index is 6.01. The van der Waals surface area contributed by atoms with E-state index in [1.54, 1.807) is 0 Å². The van der Waals surface area contributed by atoms with Gasteiger partial charge in [0.2, 0.25) is 0 Å². The van der Waals surface area contributed by atoms with Gasteiger partial charge in [-0.05, 0) is 12.0 Å². The molecule has 0 amide bonds. The fourth-order valence-corrected chi connectivity index (χ4v) is 7.29. The molecule has 0 unspecified atom stereocenters. The molecule has 0 aliphatic rings. The van der Waals surface area contributed by atoms with Gasteiger partial charge >= 0.3 is 8.56 Å². The minimum absolute atomic E-state index is 0.149. The molecule has 0 aromatic carbocycles. The molecule has 0 radical (unpaired) electrons. The monoisotopic (exact) mass is 344 g/mol. The van der Waals surface area contributed by atoms with Gasteiger partial charge in [-0.1, -0.05) is 98.8 Å². The van der Waals surface area contributed by atoms with Crippen molar-refractivity contribution in [1.82, 2.24) is 0 Å². The van der Waals surface area contributed by atoms with Crippen molar-refractivity contribution in [1.29, 1.82) is 0 Å². The molecule has 0 aliphatic carbocycles. The Balaban J connectivity index is 3.99. The number of rotatable bonds is 15. The summed E-state index contributed by atoms with van der Waals surface area (Å²) in [6, 6.07) is 1.13. The largest absolute Gasteiger partial charge is 0.397 e. The zero-order valence-electron chi connectivity index (χ0n) is 17.2. The zero-order valence-corrected chi connectivity index (χ0v) is 18.2. The minimum Gasteiger partial charge on any atom is -0.397 e. The molecule has 0 aliphatic heterocycles. The minimum atomic E-state index is -2.12. The fraction of sp³-hybridized carbons (Fsp3) is 1.00. The van der Waals surface area contributed by atoms with Crippen LogP contribution in [-0.4, -0.2) is 22.8 Å². The van der Waals surface area contributed by atoms with Gasteiger partial charge in [-0.3, -0.25) is 0 Å². The lowest BCUT2D eigenvalue weighted by molar-refractivity contribution is 0.190. The Morgan fingerprint density at radius 2 is 1.13 bits per heavy atom. The molecule has 0 spiro atoms. The smallest absolute Gasteiger partial charge is 0.343 e. The summed E-state index contributed by atoms with van der Waals surface area (Å²) in [5.41, 5.74) is 0. The van der Waals surface area contributed by atoms with E-state index in [1.807, 2.05) is 14.2 Å². The van der Waals surface area contributed by atoms with Crippen molar-refractivity contribution in [3.63, 3.8) is 0 Å². The maximum Gasteiger partial charge on any atom is 0.343 e. The molecule has 0 atom stereocenters. The van der Waals surface area contributed by atoms with Gasteiger partial charge in [0.15, 0.2) is 0 Å². The highest BCUT2D eigenvalue weighted by Crippen LogP contribution is 2.47. The van der Waals surface area contributed by atoms with Crippen molar-refractivity contribution in [3.05, 3.63) is 0 Å². The van der Waals surface area contributed by atoms with Crippen LogP contribution < -0.4 is 0 Å². The van der Waals surface area contributed by atoms with Crippen LogP contribution >= 0.6 is 0 Å². The van der Waals surface area contributed by atoms with Gasteiger partial charge in [-0.2, -0.15) is 0 Å². The molecule has 3 heteroatoms. The predicted octanol–water partition coefficient (Wildman–Crippen LogP) is 7.08. The quantitative estimate of drug-likeness (QED) is 0.233. The number of hydrogen-bond acceptors (Lipinski definition) is 2. The van der Waals surface area contributed by atoms with E-state index in [-0.39, 0.29) is 5.04 Å². The molecule has 0 rings (SSSR count). The first-order valence-corrected chi connectivity index (χ1v) is 12.0. The standard InChI is InChI=1S/C20H44O2Si/c1-8-9-10-11-12-13-14-15-16-17-18-23(21-6,22-7)20(4,5)19(2)3/h19H,8-18H2,1-7H3. The topological polar surface area (TPSA) is 18.5 Å². The van der Waals surface area contributed by atoms with E-state index in [1.165, 1.54) is 64.2 Å². The average Bonchev–Trinajstić information content (AvgIpc) is 2.53. The maximum atomic E-state index is 6.01. The van der Waals surface area contributed by atoms with Crippen LogP contribution in [0.3, 0.4) is 0 Å². The second-order valence-electron chi connectivity index (χ2n) is 7.97. The van der Waals surface area contributed by atoms with Crippen LogP contribution in [0, 0.1) is 5.92 Å². The summed E-state index contributed by atoms with van der Waals surface area (Å²) in [7, 11) is 1.59. The Kier molecular flexibility index (Phi) is 12.6. The summed E-state index contributed by atoms with van der Waals surface area (Å²) in [6.45, 7) is 11.5. The highest BCUT2D eigenvalue weighted by Gasteiger charge is 2.51. The normalized spacial score (nSPS) is 13.0. The highest BCUT2D eigenvalue weighted by molar-refractivity contribution is 6.70. The Bertz CT molecular complexity index is 273. The van der Waals surface area contributed by atoms with Gasteiger partial charge in [0.1, 0.15) is 0 Å². The lowest BCUT2D eigenvalue weighted by Crippen LogP contribution is -2.52. The molecular formula is C20H44O2Si. The lowest BCUT2D eigenvalue weighted by atomic mass is 9.99. The van der Waals surface area contributed by atoms with E-state index >= 15 is 0 Å². The van der Waals surface area contributed by atoms with Crippen molar-refractivity contribution in [2.24, 2.45) is 5.92 Å². The molecule has 0 saturated heterocycles. The fourth-order valence-electron chi connectivity index (χ4n) is 3.42. The molecule has 0 aromatic heterocycles. The molecule has 140 valence electrons. The third kappa shape index (κ3) is 7.70. The van der Waals surface area contributed by atoms with Crippen molar-refractivity contribution >= 4 is 8.56 Å². The van der Waals surface area contributed by atoms with Gasteiger partial charge in [0.25, 0.3) is 0 Å². The molecule has 0 saturated carbocycles. The Morgan fingerprint density at radius 3 is 1.48 bits per heavy atom. The van der Waals surface area contributed by atoms with Crippen LogP contribution in [0.4, 0.5) is 0 Å². The Hall–Kier alpha value is 0.137. The summed E-state index contributed by atoms with van der Waals surface area (Å²) in [6.07, 6.45) is 13.8. The first-order valence-electron chi connectivity index (χ1n) is 9.98.